The second kappa shape index (κ2) is 8.26. The van der Waals surface area contributed by atoms with Crippen LogP contribution in [-0.2, 0) is 14.6 Å². The molecule has 1 aromatic rings. The van der Waals surface area contributed by atoms with Crippen LogP contribution in [-0.4, -0.2) is 64.1 Å². The maximum atomic E-state index is 12.5. The monoisotopic (exact) mass is 462 g/mol. The topological polar surface area (TPSA) is 76.2 Å². The van der Waals surface area contributed by atoms with Crippen LogP contribution in [0.5, 0.6) is 5.75 Å². The fourth-order valence-electron chi connectivity index (χ4n) is 2.80. The third-order valence-corrected chi connectivity index (χ3v) is 6.53. The summed E-state index contributed by atoms with van der Waals surface area (Å²) in [6.07, 6.45) is -0.327. The minimum atomic E-state index is -3.44. The Labute approximate surface area is 169 Å². The molecule has 152 valence electrons. The average molecular weight is 463 g/mol. The molecular formula is C18H27BrN2O5S. The number of carbonyl (C=O) groups is 1. The molecule has 0 saturated carbocycles. The number of halogens is 1. The van der Waals surface area contributed by atoms with Gasteiger partial charge in [0.1, 0.15) is 10.5 Å². The van der Waals surface area contributed by atoms with E-state index in [-0.39, 0.29) is 16.7 Å². The molecule has 1 fully saturated rings. The van der Waals surface area contributed by atoms with Crippen molar-refractivity contribution >= 4 is 37.5 Å². The number of sulfone groups is 1. The van der Waals surface area contributed by atoms with Crippen molar-refractivity contribution in [1.29, 1.82) is 0 Å². The zero-order valence-corrected chi connectivity index (χ0v) is 18.8. The third kappa shape index (κ3) is 5.28. The van der Waals surface area contributed by atoms with E-state index in [1.54, 1.807) is 17.9 Å². The number of nitrogens with zero attached hydrogens (tertiary/aromatic N) is 2. The number of benzene rings is 1. The molecule has 1 aliphatic heterocycles. The molecule has 1 aromatic carbocycles. The normalized spacial score (nSPS) is 15.6. The summed E-state index contributed by atoms with van der Waals surface area (Å²) in [6.45, 7) is 9.31. The van der Waals surface area contributed by atoms with E-state index in [0.29, 0.717) is 36.4 Å². The van der Waals surface area contributed by atoms with Crippen LogP contribution < -0.4 is 9.64 Å². The highest BCUT2D eigenvalue weighted by atomic mass is 79.9. The molecule has 2 rings (SSSR count). The maximum Gasteiger partial charge on any atom is 0.410 e. The van der Waals surface area contributed by atoms with Crippen molar-refractivity contribution in [3.63, 3.8) is 0 Å². The molecule has 1 saturated heterocycles. The minimum Gasteiger partial charge on any atom is -0.494 e. The van der Waals surface area contributed by atoms with Crippen LogP contribution >= 0.6 is 15.9 Å². The summed E-state index contributed by atoms with van der Waals surface area (Å²) in [4.78, 5) is 16.1. The Kier molecular flexibility index (Phi) is 6.68. The van der Waals surface area contributed by atoms with E-state index < -0.39 is 15.4 Å². The SMILES string of the molecule is CCS(=O)(=O)c1cc(N2CCN(C(=O)OC(C)(C)C)CC2)cc(Br)c1OC. The largest absolute Gasteiger partial charge is 0.494 e. The van der Waals surface area contributed by atoms with Crippen molar-refractivity contribution in [2.45, 2.75) is 38.2 Å². The van der Waals surface area contributed by atoms with Crippen molar-refractivity contribution < 1.29 is 22.7 Å². The molecule has 0 bridgehead atoms. The van der Waals surface area contributed by atoms with Crippen molar-refractivity contribution in [3.05, 3.63) is 16.6 Å². The van der Waals surface area contributed by atoms with Crippen LogP contribution in [0.2, 0.25) is 0 Å². The molecule has 1 amide bonds. The summed E-state index contributed by atoms with van der Waals surface area (Å²) in [5.41, 5.74) is 0.247. The molecule has 0 atom stereocenters. The molecular weight excluding hydrogens is 436 g/mol. The first-order valence-corrected chi connectivity index (χ1v) is 11.3. The van der Waals surface area contributed by atoms with E-state index in [4.69, 9.17) is 9.47 Å². The molecule has 0 N–H and O–H groups in total. The predicted molar refractivity (Wildman–Crippen MR) is 108 cm³/mol. The van der Waals surface area contributed by atoms with Gasteiger partial charge in [-0.05, 0) is 48.8 Å². The molecule has 1 aliphatic rings. The Morgan fingerprint density at radius 1 is 1.19 bits per heavy atom. The van der Waals surface area contributed by atoms with Crippen LogP contribution in [0.3, 0.4) is 0 Å². The summed E-state index contributed by atoms with van der Waals surface area (Å²) in [6, 6.07) is 3.49. The van der Waals surface area contributed by atoms with Gasteiger partial charge < -0.3 is 19.3 Å². The molecule has 0 aromatic heterocycles. The number of carbonyl (C=O) groups excluding carboxylic acids is 1. The molecule has 0 aliphatic carbocycles. The van der Waals surface area contributed by atoms with Crippen LogP contribution in [0, 0.1) is 0 Å². The highest BCUT2D eigenvalue weighted by Gasteiger charge is 2.28. The molecule has 1 heterocycles. The fourth-order valence-corrected chi connectivity index (χ4v) is 4.62. The quantitative estimate of drug-likeness (QED) is 0.682. The van der Waals surface area contributed by atoms with Gasteiger partial charge in [0, 0.05) is 31.9 Å². The first kappa shape index (κ1) is 21.8. The van der Waals surface area contributed by atoms with Gasteiger partial charge in [0.2, 0.25) is 0 Å². The number of rotatable bonds is 4. The lowest BCUT2D eigenvalue weighted by Gasteiger charge is -2.37. The Morgan fingerprint density at radius 3 is 2.26 bits per heavy atom. The standard InChI is InChI=1S/C18H27BrN2O5S/c1-6-27(23,24)15-12-13(11-14(19)16(15)25-5)20-7-9-21(10-8-20)17(22)26-18(2,3)4/h11-12H,6-10H2,1-5H3. The predicted octanol–water partition coefficient (Wildman–Crippen LogP) is 3.31. The highest BCUT2D eigenvalue weighted by molar-refractivity contribution is 9.10. The van der Waals surface area contributed by atoms with Gasteiger partial charge in [-0.2, -0.15) is 0 Å². The van der Waals surface area contributed by atoms with E-state index in [1.807, 2.05) is 26.8 Å². The number of hydrogen-bond acceptors (Lipinski definition) is 6. The van der Waals surface area contributed by atoms with E-state index >= 15 is 0 Å². The van der Waals surface area contributed by atoms with Gasteiger partial charge in [-0.1, -0.05) is 6.92 Å². The number of methoxy groups -OCH3 is 1. The van der Waals surface area contributed by atoms with Gasteiger partial charge in [-0.15, -0.1) is 0 Å². The van der Waals surface area contributed by atoms with Gasteiger partial charge in [-0.25, -0.2) is 13.2 Å². The van der Waals surface area contributed by atoms with E-state index in [2.05, 4.69) is 20.8 Å². The molecule has 27 heavy (non-hydrogen) atoms. The summed E-state index contributed by atoms with van der Waals surface area (Å²) >= 11 is 3.41. The summed E-state index contributed by atoms with van der Waals surface area (Å²) < 4.78 is 36.2. The Morgan fingerprint density at radius 2 is 1.78 bits per heavy atom. The van der Waals surface area contributed by atoms with E-state index in [9.17, 15) is 13.2 Å². The summed E-state index contributed by atoms with van der Waals surface area (Å²) in [7, 11) is -1.98. The Hall–Kier alpha value is -1.48. The first-order valence-electron chi connectivity index (χ1n) is 8.81. The summed E-state index contributed by atoms with van der Waals surface area (Å²) in [5.74, 6) is 0.305. The first-order chi connectivity index (χ1) is 12.5. The number of anilines is 1. The lowest BCUT2D eigenvalue weighted by Crippen LogP contribution is -2.50. The highest BCUT2D eigenvalue weighted by Crippen LogP contribution is 2.37. The van der Waals surface area contributed by atoms with Crippen LogP contribution in [0.25, 0.3) is 0 Å². The van der Waals surface area contributed by atoms with Gasteiger partial charge in [-0.3, -0.25) is 0 Å². The maximum absolute atomic E-state index is 12.5. The van der Waals surface area contributed by atoms with Gasteiger partial charge in [0.05, 0.1) is 17.3 Å². The van der Waals surface area contributed by atoms with Crippen molar-refractivity contribution in [2.24, 2.45) is 0 Å². The minimum absolute atomic E-state index is 0.00826. The van der Waals surface area contributed by atoms with Gasteiger partial charge in [0.15, 0.2) is 15.6 Å². The second-order valence-electron chi connectivity index (χ2n) is 7.32. The summed E-state index contributed by atoms with van der Waals surface area (Å²) in [5, 5.41) is 0. The van der Waals surface area contributed by atoms with Crippen LogP contribution in [0.15, 0.2) is 21.5 Å². The lowest BCUT2D eigenvalue weighted by molar-refractivity contribution is 0.0240. The number of hydrogen-bond donors (Lipinski definition) is 0. The number of amides is 1. The lowest BCUT2D eigenvalue weighted by atomic mass is 10.2. The zero-order chi connectivity index (χ0) is 20.4. The van der Waals surface area contributed by atoms with Crippen molar-refractivity contribution in [1.82, 2.24) is 4.90 Å². The smallest absolute Gasteiger partial charge is 0.410 e. The van der Waals surface area contributed by atoms with Crippen molar-refractivity contribution in [2.75, 3.05) is 43.9 Å². The van der Waals surface area contributed by atoms with Gasteiger partial charge in [0.25, 0.3) is 0 Å². The average Bonchev–Trinajstić information content (AvgIpc) is 2.59. The van der Waals surface area contributed by atoms with E-state index in [0.717, 1.165) is 5.69 Å². The number of piperazine rings is 1. The number of ether oxygens (including phenoxy) is 2. The fraction of sp³-hybridized carbons (Fsp3) is 0.611. The molecule has 0 spiro atoms. The Bertz CT molecular complexity index is 797. The van der Waals surface area contributed by atoms with Gasteiger partial charge >= 0.3 is 6.09 Å². The van der Waals surface area contributed by atoms with Crippen molar-refractivity contribution in [3.8, 4) is 5.75 Å². The molecule has 9 heteroatoms. The van der Waals surface area contributed by atoms with Crippen LogP contribution in [0.1, 0.15) is 27.7 Å². The Balaban J connectivity index is 2.20. The van der Waals surface area contributed by atoms with Crippen LogP contribution in [0.4, 0.5) is 10.5 Å². The second-order valence-corrected chi connectivity index (χ2v) is 10.4. The van der Waals surface area contributed by atoms with E-state index in [1.165, 1.54) is 7.11 Å². The molecule has 0 unspecified atom stereocenters. The molecule has 7 nitrogen and oxygen atoms in total. The third-order valence-electron chi connectivity index (χ3n) is 4.21. The molecule has 0 radical (unpaired) electrons. The zero-order valence-electron chi connectivity index (χ0n) is 16.4.